The molecule has 7 heteroatoms. The van der Waals surface area contributed by atoms with Gasteiger partial charge in [0, 0.05) is 35.4 Å². The zero-order valence-corrected chi connectivity index (χ0v) is 19.4. The highest BCUT2D eigenvalue weighted by atomic mass is 16.5. The second-order valence-corrected chi connectivity index (χ2v) is 8.38. The Balaban J connectivity index is 1.42. The molecular weight excluding hydrogens is 438 g/mol. The predicted octanol–water partition coefficient (Wildman–Crippen LogP) is 5.56. The normalized spacial score (nSPS) is 13.3. The number of fused-ring (bicyclic) bond motifs is 1. The van der Waals surface area contributed by atoms with E-state index in [0.29, 0.717) is 16.9 Å². The summed E-state index contributed by atoms with van der Waals surface area (Å²) >= 11 is 0. The Bertz CT molecular complexity index is 1420. The van der Waals surface area contributed by atoms with Crippen LogP contribution in [-0.2, 0) is 4.74 Å². The van der Waals surface area contributed by atoms with Crippen LogP contribution in [0.1, 0.15) is 11.3 Å². The quantitative estimate of drug-likeness (QED) is 0.413. The van der Waals surface area contributed by atoms with Crippen LogP contribution in [0.3, 0.4) is 0 Å². The molecule has 2 amide bonds. The van der Waals surface area contributed by atoms with Gasteiger partial charge in [-0.2, -0.15) is 5.26 Å². The molecule has 1 saturated heterocycles. The van der Waals surface area contributed by atoms with E-state index < -0.39 is 0 Å². The van der Waals surface area contributed by atoms with Crippen LogP contribution in [0.2, 0.25) is 0 Å². The van der Waals surface area contributed by atoms with Crippen LogP contribution in [0.15, 0.2) is 72.8 Å². The first-order valence-corrected chi connectivity index (χ1v) is 11.5. The molecule has 0 aliphatic carbocycles. The van der Waals surface area contributed by atoms with Gasteiger partial charge in [-0.15, -0.1) is 0 Å². The Labute approximate surface area is 204 Å². The van der Waals surface area contributed by atoms with Gasteiger partial charge in [0.15, 0.2) is 0 Å². The lowest BCUT2D eigenvalue weighted by atomic mass is 9.96. The largest absolute Gasteiger partial charge is 0.378 e. The number of nitrogens with one attached hydrogen (secondary N) is 2. The van der Waals surface area contributed by atoms with Crippen LogP contribution in [0.5, 0.6) is 0 Å². The number of urea groups is 1. The maximum absolute atomic E-state index is 12.7. The van der Waals surface area contributed by atoms with Gasteiger partial charge in [0.25, 0.3) is 0 Å². The van der Waals surface area contributed by atoms with Crippen LogP contribution in [0, 0.1) is 18.3 Å². The number of aromatic nitrogens is 1. The number of rotatable bonds is 4. The van der Waals surface area contributed by atoms with E-state index >= 15 is 0 Å². The number of carbonyl (C=O) groups is 1. The molecule has 0 radical (unpaired) electrons. The SMILES string of the molecule is Cc1nc(N2CCOCC2)ccc1-c1ccc(NC(=O)Nc2ccc(C#N)cc2)c2ccccc12. The van der Waals surface area contributed by atoms with Crippen molar-refractivity contribution in [3.63, 3.8) is 0 Å². The molecule has 0 spiro atoms. The molecule has 0 bridgehead atoms. The second kappa shape index (κ2) is 9.84. The standard InChI is InChI=1S/C28H25N5O2/c1-19-22(11-13-27(30-19)33-14-16-35-17-15-33)24-10-12-26(25-5-3-2-4-23(24)25)32-28(34)31-21-8-6-20(18-29)7-9-21/h2-13H,14-17H2,1H3,(H2,31,32,34). The van der Waals surface area contributed by atoms with Gasteiger partial charge in [0.05, 0.1) is 30.5 Å². The minimum absolute atomic E-state index is 0.347. The Hall–Kier alpha value is -4.41. The first-order chi connectivity index (χ1) is 17.1. The topological polar surface area (TPSA) is 90.3 Å². The molecule has 174 valence electrons. The number of morpholine rings is 1. The van der Waals surface area contributed by atoms with Gasteiger partial charge < -0.3 is 20.3 Å². The van der Waals surface area contributed by atoms with E-state index in [9.17, 15) is 4.79 Å². The maximum Gasteiger partial charge on any atom is 0.323 e. The molecule has 0 unspecified atom stereocenters. The fourth-order valence-corrected chi connectivity index (χ4v) is 4.36. The predicted molar refractivity (Wildman–Crippen MR) is 139 cm³/mol. The highest BCUT2D eigenvalue weighted by Crippen LogP contribution is 2.35. The van der Waals surface area contributed by atoms with Crippen molar-refractivity contribution >= 4 is 34.0 Å². The fourth-order valence-electron chi connectivity index (χ4n) is 4.36. The molecule has 0 saturated carbocycles. The van der Waals surface area contributed by atoms with Crippen molar-refractivity contribution in [2.45, 2.75) is 6.92 Å². The lowest BCUT2D eigenvalue weighted by molar-refractivity contribution is 0.122. The Morgan fingerprint density at radius 2 is 1.63 bits per heavy atom. The molecule has 0 atom stereocenters. The number of nitrogens with zero attached hydrogens (tertiary/aromatic N) is 3. The molecule has 5 rings (SSSR count). The minimum atomic E-state index is -0.347. The summed E-state index contributed by atoms with van der Waals surface area (Å²) in [6.45, 7) is 5.17. The Morgan fingerprint density at radius 1 is 0.914 bits per heavy atom. The molecule has 7 nitrogen and oxygen atoms in total. The van der Waals surface area contributed by atoms with E-state index in [4.69, 9.17) is 15.0 Å². The van der Waals surface area contributed by atoms with Crippen molar-refractivity contribution in [1.29, 1.82) is 5.26 Å². The smallest absolute Gasteiger partial charge is 0.323 e. The molecule has 1 fully saturated rings. The van der Waals surface area contributed by atoms with E-state index in [1.54, 1.807) is 24.3 Å². The van der Waals surface area contributed by atoms with Crippen molar-refractivity contribution in [2.75, 3.05) is 41.8 Å². The molecule has 3 aromatic carbocycles. The molecule has 1 aliphatic heterocycles. The highest BCUT2D eigenvalue weighted by molar-refractivity contribution is 6.09. The third-order valence-electron chi connectivity index (χ3n) is 6.14. The number of ether oxygens (including phenoxy) is 1. The first kappa shape index (κ1) is 22.4. The van der Waals surface area contributed by atoms with Crippen LogP contribution in [0.25, 0.3) is 21.9 Å². The average molecular weight is 464 g/mol. The third kappa shape index (κ3) is 4.79. The number of pyridine rings is 1. The van der Waals surface area contributed by atoms with Crippen LogP contribution >= 0.6 is 0 Å². The van der Waals surface area contributed by atoms with Gasteiger partial charge in [0.2, 0.25) is 0 Å². The van der Waals surface area contributed by atoms with Gasteiger partial charge in [-0.1, -0.05) is 30.3 Å². The Kier molecular flexibility index (Phi) is 6.29. The summed E-state index contributed by atoms with van der Waals surface area (Å²) in [5.41, 5.74) is 4.96. The van der Waals surface area contributed by atoms with Gasteiger partial charge >= 0.3 is 6.03 Å². The molecule has 2 N–H and O–H groups in total. The number of carbonyl (C=O) groups excluding carboxylic acids is 1. The van der Waals surface area contributed by atoms with Crippen molar-refractivity contribution in [3.05, 3.63) is 84.1 Å². The summed E-state index contributed by atoms with van der Waals surface area (Å²) in [6, 6.07) is 24.6. The maximum atomic E-state index is 12.7. The summed E-state index contributed by atoms with van der Waals surface area (Å²) in [7, 11) is 0. The lowest BCUT2D eigenvalue weighted by Crippen LogP contribution is -2.36. The zero-order valence-electron chi connectivity index (χ0n) is 19.4. The first-order valence-electron chi connectivity index (χ1n) is 11.5. The summed E-state index contributed by atoms with van der Waals surface area (Å²) in [5.74, 6) is 0.969. The van der Waals surface area contributed by atoms with Crippen molar-refractivity contribution in [3.8, 4) is 17.2 Å². The average Bonchev–Trinajstić information content (AvgIpc) is 2.90. The molecular formula is C28H25N5O2. The number of amides is 2. The van der Waals surface area contributed by atoms with Crippen molar-refractivity contribution < 1.29 is 9.53 Å². The molecule has 1 aromatic heterocycles. The van der Waals surface area contributed by atoms with E-state index in [1.165, 1.54) is 0 Å². The van der Waals surface area contributed by atoms with Crippen LogP contribution in [-0.4, -0.2) is 37.3 Å². The van der Waals surface area contributed by atoms with Crippen molar-refractivity contribution in [1.82, 2.24) is 4.98 Å². The lowest BCUT2D eigenvalue weighted by Gasteiger charge is -2.28. The highest BCUT2D eigenvalue weighted by Gasteiger charge is 2.16. The van der Waals surface area contributed by atoms with E-state index in [2.05, 4.69) is 39.8 Å². The number of anilines is 3. The van der Waals surface area contributed by atoms with Gasteiger partial charge in [-0.05, 0) is 60.3 Å². The van der Waals surface area contributed by atoms with Gasteiger partial charge in [0.1, 0.15) is 5.82 Å². The Morgan fingerprint density at radius 3 is 2.34 bits per heavy atom. The molecule has 35 heavy (non-hydrogen) atoms. The number of hydrogen-bond acceptors (Lipinski definition) is 5. The van der Waals surface area contributed by atoms with Crippen molar-refractivity contribution in [2.24, 2.45) is 0 Å². The fraction of sp³-hybridized carbons (Fsp3) is 0.179. The summed E-state index contributed by atoms with van der Waals surface area (Å²) in [4.78, 5) is 19.8. The summed E-state index contributed by atoms with van der Waals surface area (Å²) < 4.78 is 5.46. The van der Waals surface area contributed by atoms with Crippen LogP contribution in [0.4, 0.5) is 22.0 Å². The summed E-state index contributed by atoms with van der Waals surface area (Å²) in [6.07, 6.45) is 0. The van der Waals surface area contributed by atoms with E-state index in [1.807, 2.05) is 37.3 Å². The van der Waals surface area contributed by atoms with Gasteiger partial charge in [-0.25, -0.2) is 9.78 Å². The third-order valence-corrected chi connectivity index (χ3v) is 6.14. The molecule has 4 aromatic rings. The number of benzene rings is 3. The molecule has 1 aliphatic rings. The summed E-state index contributed by atoms with van der Waals surface area (Å²) in [5, 5.41) is 16.7. The minimum Gasteiger partial charge on any atom is -0.378 e. The molecule has 2 heterocycles. The van der Waals surface area contributed by atoms with E-state index in [-0.39, 0.29) is 6.03 Å². The monoisotopic (exact) mass is 463 g/mol. The van der Waals surface area contributed by atoms with E-state index in [0.717, 1.165) is 59.7 Å². The number of hydrogen-bond donors (Lipinski definition) is 2. The number of aryl methyl sites for hydroxylation is 1. The second-order valence-electron chi connectivity index (χ2n) is 8.38. The number of nitriles is 1. The zero-order chi connectivity index (χ0) is 24.2. The van der Waals surface area contributed by atoms with Gasteiger partial charge in [-0.3, -0.25) is 0 Å². The van der Waals surface area contributed by atoms with Crippen LogP contribution < -0.4 is 15.5 Å².